The predicted octanol–water partition coefficient (Wildman–Crippen LogP) is 3.99. The number of hydrogen-bond acceptors (Lipinski definition) is 6. The van der Waals surface area contributed by atoms with E-state index < -0.39 is 11.7 Å². The van der Waals surface area contributed by atoms with Crippen LogP contribution in [0.3, 0.4) is 0 Å². The maximum Gasteiger partial charge on any atom is 0.260 e. The molecule has 0 aliphatic rings. The minimum Gasteiger partial charge on any atom is -0.486 e. The molecule has 4 aromatic rings. The van der Waals surface area contributed by atoms with Crippen LogP contribution in [0.5, 0.6) is 11.6 Å². The number of pyridine rings is 2. The monoisotopic (exact) mass is 427 g/mol. The molecule has 2 N–H and O–H groups in total. The Labute approximate surface area is 175 Å². The van der Waals surface area contributed by atoms with Gasteiger partial charge in [-0.15, -0.1) is 5.10 Å². The standard InChI is InChI=1S/C20H15ClFN5O3/c1-29-20-13-8-12(9-24-18(13)26-27-20)25-19(28)16-14(21)2-3-15(17(16)22)30-10-11-4-6-23-7-5-11/h2-9H,10H2,1H3,(H,25,28)(H,24,26,27). The topological polar surface area (TPSA) is 102 Å². The summed E-state index contributed by atoms with van der Waals surface area (Å²) in [4.78, 5) is 20.8. The molecule has 0 aliphatic heterocycles. The molecule has 4 rings (SSSR count). The van der Waals surface area contributed by atoms with Gasteiger partial charge >= 0.3 is 0 Å². The van der Waals surface area contributed by atoms with Crippen molar-refractivity contribution in [2.75, 3.05) is 12.4 Å². The van der Waals surface area contributed by atoms with E-state index in [0.717, 1.165) is 5.56 Å². The second-order valence-electron chi connectivity index (χ2n) is 6.19. The van der Waals surface area contributed by atoms with Gasteiger partial charge in [-0.3, -0.25) is 14.9 Å². The van der Waals surface area contributed by atoms with E-state index in [0.29, 0.717) is 22.6 Å². The molecule has 0 bridgehead atoms. The van der Waals surface area contributed by atoms with E-state index in [1.54, 1.807) is 30.6 Å². The molecule has 8 nitrogen and oxygen atoms in total. The highest BCUT2D eigenvalue weighted by atomic mass is 35.5. The van der Waals surface area contributed by atoms with Gasteiger partial charge < -0.3 is 14.8 Å². The molecule has 30 heavy (non-hydrogen) atoms. The van der Waals surface area contributed by atoms with Crippen molar-refractivity contribution in [3.63, 3.8) is 0 Å². The maximum absolute atomic E-state index is 15.0. The van der Waals surface area contributed by atoms with Gasteiger partial charge in [-0.1, -0.05) is 11.6 Å². The van der Waals surface area contributed by atoms with Gasteiger partial charge in [0.15, 0.2) is 17.2 Å². The summed E-state index contributed by atoms with van der Waals surface area (Å²) in [6.07, 6.45) is 4.62. The third-order valence-corrected chi connectivity index (χ3v) is 4.57. The number of carbonyl (C=O) groups excluding carboxylic acids is 1. The number of ether oxygens (including phenoxy) is 2. The summed E-state index contributed by atoms with van der Waals surface area (Å²) in [5.41, 5.74) is 1.29. The Balaban J connectivity index is 1.57. The van der Waals surface area contributed by atoms with Crippen molar-refractivity contribution in [2.45, 2.75) is 6.61 Å². The summed E-state index contributed by atoms with van der Waals surface area (Å²) < 4.78 is 25.6. The molecule has 3 aromatic heterocycles. The fourth-order valence-electron chi connectivity index (χ4n) is 2.79. The zero-order valence-electron chi connectivity index (χ0n) is 15.6. The second-order valence-corrected chi connectivity index (χ2v) is 6.59. The number of methoxy groups -OCH3 is 1. The van der Waals surface area contributed by atoms with Crippen LogP contribution in [0.1, 0.15) is 15.9 Å². The number of aromatic nitrogens is 4. The molecule has 0 spiro atoms. The minimum atomic E-state index is -0.857. The van der Waals surface area contributed by atoms with Crippen molar-refractivity contribution in [1.82, 2.24) is 20.2 Å². The Kier molecular flexibility index (Phi) is 5.44. The summed E-state index contributed by atoms with van der Waals surface area (Å²) in [5.74, 6) is -1.37. The van der Waals surface area contributed by atoms with Crippen LogP contribution in [0.4, 0.5) is 10.1 Å². The highest BCUT2D eigenvalue weighted by Gasteiger charge is 2.21. The third-order valence-electron chi connectivity index (χ3n) is 4.26. The van der Waals surface area contributed by atoms with E-state index >= 15 is 0 Å². The number of benzene rings is 1. The Bertz CT molecular complexity index is 1220. The molecule has 1 aromatic carbocycles. The van der Waals surface area contributed by atoms with E-state index in [4.69, 9.17) is 21.1 Å². The molecule has 0 saturated heterocycles. The van der Waals surface area contributed by atoms with Crippen molar-refractivity contribution >= 4 is 34.2 Å². The Morgan fingerprint density at radius 1 is 1.27 bits per heavy atom. The van der Waals surface area contributed by atoms with E-state index in [-0.39, 0.29) is 22.9 Å². The molecule has 3 heterocycles. The van der Waals surface area contributed by atoms with E-state index in [1.807, 2.05) is 0 Å². The van der Waals surface area contributed by atoms with Gasteiger partial charge in [-0.2, -0.15) is 0 Å². The number of hydrogen-bond donors (Lipinski definition) is 2. The van der Waals surface area contributed by atoms with Crippen LogP contribution in [-0.2, 0) is 6.61 Å². The van der Waals surface area contributed by atoms with Crippen molar-refractivity contribution in [3.05, 3.63) is 70.9 Å². The van der Waals surface area contributed by atoms with E-state index in [1.165, 1.54) is 25.4 Å². The normalized spacial score (nSPS) is 10.8. The van der Waals surface area contributed by atoms with E-state index in [9.17, 15) is 9.18 Å². The molecule has 0 radical (unpaired) electrons. The van der Waals surface area contributed by atoms with E-state index in [2.05, 4.69) is 25.5 Å². The number of nitrogens with zero attached hydrogens (tertiary/aromatic N) is 3. The molecule has 0 atom stereocenters. The highest BCUT2D eigenvalue weighted by molar-refractivity contribution is 6.34. The smallest absolute Gasteiger partial charge is 0.260 e. The molecule has 0 aliphatic carbocycles. The van der Waals surface area contributed by atoms with Gasteiger partial charge in [0.2, 0.25) is 5.88 Å². The lowest BCUT2D eigenvalue weighted by atomic mass is 10.1. The summed E-state index contributed by atoms with van der Waals surface area (Å²) in [5, 5.41) is 9.77. The molecular weight excluding hydrogens is 413 g/mol. The van der Waals surface area contributed by atoms with Gasteiger partial charge in [-0.25, -0.2) is 9.37 Å². The fourth-order valence-corrected chi connectivity index (χ4v) is 3.02. The number of H-pyrrole nitrogens is 1. The van der Waals surface area contributed by atoms with Gasteiger partial charge in [0.1, 0.15) is 6.61 Å². The number of fused-ring (bicyclic) bond motifs is 1. The number of carbonyl (C=O) groups is 1. The Morgan fingerprint density at radius 3 is 2.83 bits per heavy atom. The average Bonchev–Trinajstić information content (AvgIpc) is 3.16. The maximum atomic E-state index is 15.0. The van der Waals surface area contributed by atoms with Crippen LogP contribution in [0.25, 0.3) is 11.0 Å². The van der Waals surface area contributed by atoms with Gasteiger partial charge in [0.05, 0.1) is 35.0 Å². The molecule has 0 unspecified atom stereocenters. The predicted molar refractivity (Wildman–Crippen MR) is 108 cm³/mol. The van der Waals surface area contributed by atoms with Crippen molar-refractivity contribution < 1.29 is 18.7 Å². The second kappa shape index (κ2) is 8.34. The van der Waals surface area contributed by atoms with Crippen molar-refractivity contribution in [3.8, 4) is 11.6 Å². The first kappa shape index (κ1) is 19.6. The first-order valence-electron chi connectivity index (χ1n) is 8.76. The van der Waals surface area contributed by atoms with Crippen LogP contribution >= 0.6 is 11.6 Å². The van der Waals surface area contributed by atoms with Gasteiger partial charge in [0.25, 0.3) is 5.91 Å². The number of rotatable bonds is 6. The van der Waals surface area contributed by atoms with Crippen LogP contribution < -0.4 is 14.8 Å². The zero-order chi connectivity index (χ0) is 21.1. The number of anilines is 1. The largest absolute Gasteiger partial charge is 0.486 e. The molecule has 10 heteroatoms. The SMILES string of the molecule is COc1n[nH]c2ncc(NC(=O)c3c(Cl)ccc(OCc4ccncc4)c3F)cc12. The molecule has 0 saturated carbocycles. The summed E-state index contributed by atoms with van der Waals surface area (Å²) in [6, 6.07) is 7.88. The Hall–Kier alpha value is -3.72. The van der Waals surface area contributed by atoms with Crippen LogP contribution in [-0.4, -0.2) is 33.2 Å². The molecule has 1 amide bonds. The lowest BCUT2D eigenvalue weighted by Crippen LogP contribution is -2.15. The molecule has 0 fully saturated rings. The van der Waals surface area contributed by atoms with Crippen LogP contribution in [0.2, 0.25) is 5.02 Å². The number of nitrogens with one attached hydrogen (secondary N) is 2. The minimum absolute atomic E-state index is 0.0452. The number of halogens is 2. The van der Waals surface area contributed by atoms with Crippen LogP contribution in [0, 0.1) is 5.82 Å². The third kappa shape index (κ3) is 3.87. The molecule has 152 valence electrons. The summed E-state index contributed by atoms with van der Waals surface area (Å²) in [7, 11) is 1.47. The number of aromatic amines is 1. The van der Waals surface area contributed by atoms with Gasteiger partial charge in [-0.05, 0) is 35.9 Å². The highest BCUT2D eigenvalue weighted by Crippen LogP contribution is 2.29. The van der Waals surface area contributed by atoms with Crippen LogP contribution in [0.15, 0.2) is 48.9 Å². The summed E-state index contributed by atoms with van der Waals surface area (Å²) in [6.45, 7) is 0.114. The molecular formula is C20H15ClFN5O3. The quantitative estimate of drug-likeness (QED) is 0.482. The summed E-state index contributed by atoms with van der Waals surface area (Å²) >= 11 is 6.09. The lowest BCUT2D eigenvalue weighted by molar-refractivity contribution is 0.102. The first-order chi connectivity index (χ1) is 14.6. The van der Waals surface area contributed by atoms with Crippen molar-refractivity contribution in [1.29, 1.82) is 0 Å². The lowest BCUT2D eigenvalue weighted by Gasteiger charge is -2.12. The fraction of sp³-hybridized carbons (Fsp3) is 0.100. The van der Waals surface area contributed by atoms with Gasteiger partial charge in [0, 0.05) is 12.4 Å². The number of amides is 1. The Morgan fingerprint density at radius 2 is 2.07 bits per heavy atom. The van der Waals surface area contributed by atoms with Crippen molar-refractivity contribution in [2.24, 2.45) is 0 Å². The first-order valence-corrected chi connectivity index (χ1v) is 9.13. The average molecular weight is 428 g/mol. The zero-order valence-corrected chi connectivity index (χ0v) is 16.4.